The monoisotopic (exact) mass is 529 g/mol. The summed E-state index contributed by atoms with van der Waals surface area (Å²) in [5.74, 6) is 0.776. The molecule has 0 aliphatic heterocycles. The Morgan fingerprint density at radius 3 is 2.68 bits per heavy atom. The molecular formula is C29H21Cl2N3O3. The van der Waals surface area contributed by atoms with Crippen LogP contribution >= 0.6 is 23.2 Å². The van der Waals surface area contributed by atoms with Crippen LogP contribution in [0.5, 0.6) is 5.75 Å². The first-order valence-corrected chi connectivity index (χ1v) is 12.3. The summed E-state index contributed by atoms with van der Waals surface area (Å²) in [5, 5.41) is 13.7. The molecule has 1 N–H and O–H groups in total. The highest BCUT2D eigenvalue weighted by atomic mass is 35.5. The Morgan fingerprint density at radius 2 is 1.89 bits per heavy atom. The average molecular weight is 530 g/mol. The van der Waals surface area contributed by atoms with Crippen molar-refractivity contribution < 1.29 is 14.3 Å². The fourth-order valence-corrected chi connectivity index (χ4v) is 5.01. The number of hydrogen-bond acceptors (Lipinski definition) is 5. The first-order chi connectivity index (χ1) is 18.0. The molecule has 0 fully saturated rings. The molecule has 5 rings (SSSR count). The maximum atomic E-state index is 12.6. The van der Waals surface area contributed by atoms with Crippen molar-refractivity contribution >= 4 is 35.1 Å². The topological polar surface area (TPSA) is 84.2 Å². The van der Waals surface area contributed by atoms with E-state index in [1.807, 2.05) is 54.6 Å². The molecule has 3 aromatic carbocycles. The molecule has 0 bridgehead atoms. The molecule has 0 saturated heterocycles. The van der Waals surface area contributed by atoms with Crippen LogP contribution in [0.2, 0.25) is 10.0 Å². The molecule has 184 valence electrons. The van der Waals surface area contributed by atoms with Gasteiger partial charge < -0.3 is 9.47 Å². The Hall–Kier alpha value is -4.05. The van der Waals surface area contributed by atoms with E-state index in [9.17, 15) is 10.1 Å². The number of carbonyl (C=O) groups is 1. The van der Waals surface area contributed by atoms with Crippen molar-refractivity contribution in [2.45, 2.75) is 18.9 Å². The van der Waals surface area contributed by atoms with Crippen LogP contribution in [0.1, 0.15) is 33.7 Å². The number of aromatic nitrogens is 1. The average Bonchev–Trinajstić information content (AvgIpc) is 2.93. The minimum Gasteiger partial charge on any atom is -0.496 e. The van der Waals surface area contributed by atoms with Crippen molar-refractivity contribution in [3.05, 3.63) is 111 Å². The number of benzene rings is 3. The van der Waals surface area contributed by atoms with Crippen molar-refractivity contribution in [3.63, 3.8) is 0 Å². The van der Waals surface area contributed by atoms with Crippen molar-refractivity contribution in [3.8, 4) is 22.9 Å². The maximum Gasteiger partial charge on any atom is 0.413 e. The number of nitrogens with zero attached hydrogens (tertiary/aromatic N) is 2. The van der Waals surface area contributed by atoms with Crippen molar-refractivity contribution in [1.29, 1.82) is 5.26 Å². The molecule has 37 heavy (non-hydrogen) atoms. The second-order valence-electron chi connectivity index (χ2n) is 8.52. The summed E-state index contributed by atoms with van der Waals surface area (Å²) >= 11 is 12.5. The number of rotatable bonds is 5. The van der Waals surface area contributed by atoms with Gasteiger partial charge in [-0.2, -0.15) is 5.26 Å². The van der Waals surface area contributed by atoms with Gasteiger partial charge in [0.15, 0.2) is 5.82 Å². The summed E-state index contributed by atoms with van der Waals surface area (Å²) < 4.78 is 10.7. The number of fused-ring (bicyclic) bond motifs is 3. The van der Waals surface area contributed by atoms with E-state index in [0.717, 1.165) is 33.4 Å². The zero-order valence-corrected chi connectivity index (χ0v) is 21.3. The largest absolute Gasteiger partial charge is 0.496 e. The van der Waals surface area contributed by atoms with E-state index < -0.39 is 6.09 Å². The van der Waals surface area contributed by atoms with Gasteiger partial charge in [-0.15, -0.1) is 0 Å². The molecular weight excluding hydrogens is 509 g/mol. The summed E-state index contributed by atoms with van der Waals surface area (Å²) in [5.41, 5.74) is 5.65. The van der Waals surface area contributed by atoms with Crippen LogP contribution in [-0.2, 0) is 17.8 Å². The number of hydrogen-bond donors (Lipinski definition) is 1. The first kappa shape index (κ1) is 24.6. The third kappa shape index (κ3) is 4.84. The smallest absolute Gasteiger partial charge is 0.413 e. The molecule has 8 heteroatoms. The maximum absolute atomic E-state index is 12.6. The van der Waals surface area contributed by atoms with Crippen LogP contribution < -0.4 is 10.1 Å². The minimum atomic E-state index is -0.715. The number of nitriles is 1. The second-order valence-corrected chi connectivity index (χ2v) is 9.34. The van der Waals surface area contributed by atoms with Crippen LogP contribution in [0.3, 0.4) is 0 Å². The predicted molar refractivity (Wildman–Crippen MR) is 143 cm³/mol. The van der Waals surface area contributed by atoms with E-state index in [-0.39, 0.29) is 23.9 Å². The first-order valence-electron chi connectivity index (χ1n) is 11.5. The van der Waals surface area contributed by atoms with Crippen LogP contribution in [0, 0.1) is 11.3 Å². The molecule has 1 aromatic heterocycles. The van der Waals surface area contributed by atoms with Crippen molar-refractivity contribution in [2.24, 2.45) is 0 Å². The molecule has 1 atom stereocenters. The number of amides is 1. The fraction of sp³-hybridized carbons (Fsp3) is 0.138. The lowest BCUT2D eigenvalue weighted by Crippen LogP contribution is -2.18. The zero-order valence-electron chi connectivity index (χ0n) is 19.8. The molecule has 4 aromatic rings. The lowest BCUT2D eigenvalue weighted by atomic mass is 9.75. The van der Waals surface area contributed by atoms with E-state index in [4.69, 9.17) is 32.7 Å². The highest BCUT2D eigenvalue weighted by molar-refractivity contribution is 6.42. The number of para-hydroxylation sites is 1. The molecule has 0 saturated carbocycles. The lowest BCUT2D eigenvalue weighted by Gasteiger charge is -2.29. The molecule has 0 radical (unpaired) electrons. The zero-order chi connectivity index (χ0) is 25.9. The van der Waals surface area contributed by atoms with Crippen LogP contribution in [-0.4, -0.2) is 18.2 Å². The highest BCUT2D eigenvalue weighted by Crippen LogP contribution is 2.45. The Balaban J connectivity index is 1.45. The molecule has 1 aliphatic rings. The summed E-state index contributed by atoms with van der Waals surface area (Å²) in [6, 6.07) is 23.1. The summed E-state index contributed by atoms with van der Waals surface area (Å²) in [6.45, 7) is 0.0108. The van der Waals surface area contributed by atoms with E-state index in [0.29, 0.717) is 22.2 Å². The number of methoxy groups -OCH3 is 1. The number of halogens is 2. The van der Waals surface area contributed by atoms with E-state index >= 15 is 0 Å². The van der Waals surface area contributed by atoms with Gasteiger partial charge in [-0.1, -0.05) is 71.7 Å². The van der Waals surface area contributed by atoms with Gasteiger partial charge in [0.25, 0.3) is 0 Å². The van der Waals surface area contributed by atoms with E-state index in [1.165, 1.54) is 0 Å². The molecule has 0 spiro atoms. The van der Waals surface area contributed by atoms with Gasteiger partial charge in [-0.05, 0) is 46.9 Å². The third-order valence-corrected chi connectivity index (χ3v) is 7.16. The van der Waals surface area contributed by atoms with E-state index in [1.54, 1.807) is 25.4 Å². The lowest BCUT2D eigenvalue weighted by molar-refractivity contribution is 0.154. The van der Waals surface area contributed by atoms with Gasteiger partial charge in [0, 0.05) is 23.2 Å². The number of carbonyl (C=O) groups excluding carboxylic acids is 1. The summed E-state index contributed by atoms with van der Waals surface area (Å²) in [6.07, 6.45) is 1.60. The number of ether oxygens (including phenoxy) is 2. The quantitative estimate of drug-likeness (QED) is 0.291. The van der Waals surface area contributed by atoms with Gasteiger partial charge in [0.05, 0.1) is 17.2 Å². The molecule has 1 unspecified atom stereocenters. The number of pyridine rings is 1. The second kappa shape index (κ2) is 10.5. The Bertz CT molecular complexity index is 1550. The summed E-state index contributed by atoms with van der Waals surface area (Å²) in [4.78, 5) is 17.0. The Labute approximate surface area is 224 Å². The summed E-state index contributed by atoms with van der Waals surface area (Å²) in [7, 11) is 1.55. The Kier molecular flexibility index (Phi) is 7.00. The predicted octanol–water partition coefficient (Wildman–Crippen LogP) is 7.37. The fourth-order valence-electron chi connectivity index (χ4n) is 4.70. The van der Waals surface area contributed by atoms with Gasteiger partial charge in [-0.3, -0.25) is 5.32 Å². The van der Waals surface area contributed by atoms with Crippen LogP contribution in [0.4, 0.5) is 10.6 Å². The third-order valence-electron chi connectivity index (χ3n) is 6.42. The van der Waals surface area contributed by atoms with Gasteiger partial charge >= 0.3 is 6.09 Å². The van der Waals surface area contributed by atoms with Crippen molar-refractivity contribution in [2.75, 3.05) is 12.4 Å². The van der Waals surface area contributed by atoms with Crippen molar-refractivity contribution in [1.82, 2.24) is 4.98 Å². The van der Waals surface area contributed by atoms with Gasteiger partial charge in [0.2, 0.25) is 0 Å². The standard InChI is InChI=1S/C29H21Cl2N3O3/c1-36-26-9-5-2-6-18(26)16-37-29(35)34-28-23(14-32)27-19(15-33-28)12-22(20-7-3-4-8-21(20)27)17-10-11-24(30)25(31)13-17/h2-11,13,15,22H,12,16H2,1H3,(H,33,34,35). The molecule has 6 nitrogen and oxygen atoms in total. The van der Waals surface area contributed by atoms with Gasteiger partial charge in [0.1, 0.15) is 24.0 Å². The Morgan fingerprint density at radius 1 is 1.11 bits per heavy atom. The molecule has 1 amide bonds. The van der Waals surface area contributed by atoms with E-state index in [2.05, 4.69) is 16.4 Å². The minimum absolute atomic E-state index is 0.0106. The highest BCUT2D eigenvalue weighted by Gasteiger charge is 2.30. The number of nitrogens with one attached hydrogen (secondary N) is 1. The molecule has 1 aliphatic carbocycles. The SMILES string of the molecule is COc1ccccc1COC(=O)Nc1ncc2c(c1C#N)-c1ccccc1C(c1ccc(Cl)c(Cl)c1)C2. The van der Waals surface area contributed by atoms with Crippen LogP contribution in [0.15, 0.2) is 72.9 Å². The van der Waals surface area contributed by atoms with Gasteiger partial charge in [-0.25, -0.2) is 9.78 Å². The molecule has 1 heterocycles. The normalized spacial score (nSPS) is 13.6. The number of anilines is 1. The van der Waals surface area contributed by atoms with Crippen LogP contribution in [0.25, 0.3) is 11.1 Å².